The maximum Gasteiger partial charge on any atom is 0.251 e. The molecule has 0 atom stereocenters. The van der Waals surface area contributed by atoms with Gasteiger partial charge in [0.1, 0.15) is 0 Å². The normalized spacial score (nSPS) is 5.33. The predicted molar refractivity (Wildman–Crippen MR) is 46.4 cm³/mol. The summed E-state index contributed by atoms with van der Waals surface area (Å²) in [4.78, 5) is 0. The lowest BCUT2D eigenvalue weighted by Crippen LogP contribution is -2.03. The zero-order valence-corrected chi connectivity index (χ0v) is 6.72. The van der Waals surface area contributed by atoms with Gasteiger partial charge in [0.05, 0.1) is 0 Å². The van der Waals surface area contributed by atoms with E-state index in [1.165, 1.54) is 0 Å². The highest BCUT2D eigenvalue weighted by atomic mass is 32.1. The summed E-state index contributed by atoms with van der Waals surface area (Å²) in [6.45, 7) is 0. The van der Waals surface area contributed by atoms with Gasteiger partial charge < -0.3 is 21.7 Å². The van der Waals surface area contributed by atoms with Crippen molar-refractivity contribution in [1.82, 2.24) is 0 Å². The first-order valence-corrected chi connectivity index (χ1v) is 2.25. The molecule has 0 saturated heterocycles. The molecule has 54 valence electrons. The first kappa shape index (κ1) is 15.9. The first-order valence-electron chi connectivity index (χ1n) is 1.43. The van der Waals surface area contributed by atoms with Gasteiger partial charge in [0.2, 0.25) is 0 Å². The Morgan fingerprint density at radius 1 is 1.00 bits per heavy atom. The van der Waals surface area contributed by atoms with Crippen molar-refractivity contribution in [2.45, 2.75) is 0 Å². The van der Waals surface area contributed by atoms with Crippen LogP contribution in [0.4, 0.5) is 0 Å². The van der Waals surface area contributed by atoms with Crippen LogP contribution in [0.15, 0.2) is 0 Å². The van der Waals surface area contributed by atoms with Crippen molar-refractivity contribution in [2.75, 3.05) is 0 Å². The second-order valence-corrected chi connectivity index (χ2v) is 1.51. The molecule has 7 heteroatoms. The van der Waals surface area contributed by atoms with Gasteiger partial charge in [0.15, 0.2) is 0 Å². The third kappa shape index (κ3) is 3480. The average molecular weight is 186 g/mol. The molecule has 0 aromatic rings. The van der Waals surface area contributed by atoms with E-state index in [2.05, 4.69) is 35.9 Å². The molecule has 0 aromatic heterocycles. The fourth-order valence-corrected chi connectivity index (χ4v) is 0. The van der Waals surface area contributed by atoms with E-state index in [4.69, 9.17) is 10.2 Å². The molecule has 0 aromatic carbocycles. The quantitative estimate of drug-likeness (QED) is 0.405. The van der Waals surface area contributed by atoms with Gasteiger partial charge in [-0.05, 0) is 24.4 Å². The van der Waals surface area contributed by atoms with Crippen molar-refractivity contribution < 1.29 is 10.2 Å². The van der Waals surface area contributed by atoms with Gasteiger partial charge in [-0.2, -0.15) is 0 Å². The summed E-state index contributed by atoms with van der Waals surface area (Å²) >= 11 is 7.74. The summed E-state index contributed by atoms with van der Waals surface area (Å²) in [7, 11) is 0. The fraction of sp³-hybridized carbons (Fsp3) is 0. The first-order chi connectivity index (χ1) is 3.46. The van der Waals surface area contributed by atoms with Crippen molar-refractivity contribution >= 4 is 48.3 Å². The molecule has 0 unspecified atom stereocenters. The van der Waals surface area contributed by atoms with E-state index in [1.54, 1.807) is 0 Å². The molecule has 2 radical (unpaired) electrons. The monoisotopic (exact) mass is 186 g/mol. The third-order valence-corrected chi connectivity index (χ3v) is 0. The Hall–Kier alpha value is -0.270. The standard InChI is InChI=1S/2CH3NOS.S/c2*2-1(3)4;/h2*(H3,2,3,4);. The number of nitrogens with two attached hydrogens (primary N) is 2. The van der Waals surface area contributed by atoms with Crippen molar-refractivity contribution in [2.24, 2.45) is 11.5 Å². The van der Waals surface area contributed by atoms with Crippen LogP contribution in [0.3, 0.4) is 0 Å². The molecule has 0 fully saturated rings. The van der Waals surface area contributed by atoms with Gasteiger partial charge in [0, 0.05) is 13.5 Å². The molecule has 6 N–H and O–H groups in total. The van der Waals surface area contributed by atoms with Crippen LogP contribution in [0.25, 0.3) is 0 Å². The number of rotatable bonds is 0. The SMILES string of the molecule is NC(O)=S.NC(O)=S.[S]. The Balaban J connectivity index is -0.0000000720. The van der Waals surface area contributed by atoms with Crippen molar-refractivity contribution in [3.63, 3.8) is 0 Å². The molecule has 0 aliphatic heterocycles. The summed E-state index contributed by atoms with van der Waals surface area (Å²) in [5.74, 6) is 0. The zero-order valence-electron chi connectivity index (χ0n) is 4.27. The van der Waals surface area contributed by atoms with Gasteiger partial charge in [-0.3, -0.25) is 0 Å². The minimum Gasteiger partial charge on any atom is -0.487 e. The van der Waals surface area contributed by atoms with Crippen molar-refractivity contribution in [3.8, 4) is 0 Å². The molecule has 4 nitrogen and oxygen atoms in total. The zero-order chi connectivity index (χ0) is 7.15. The fourth-order valence-electron chi connectivity index (χ4n) is 0. The molecule has 0 aliphatic carbocycles. The van der Waals surface area contributed by atoms with Gasteiger partial charge >= 0.3 is 0 Å². The van der Waals surface area contributed by atoms with Crippen LogP contribution >= 0.6 is 37.9 Å². The maximum absolute atomic E-state index is 7.56. The number of hydrogen-bond donors (Lipinski definition) is 4. The Morgan fingerprint density at radius 2 is 1.00 bits per heavy atom. The highest BCUT2D eigenvalue weighted by molar-refractivity contribution is 7.80. The van der Waals surface area contributed by atoms with E-state index in [0.717, 1.165) is 0 Å². The summed E-state index contributed by atoms with van der Waals surface area (Å²) in [6.07, 6.45) is 0. The van der Waals surface area contributed by atoms with Gasteiger partial charge in [-0.15, -0.1) is 0 Å². The van der Waals surface area contributed by atoms with Gasteiger partial charge in [-0.25, -0.2) is 0 Å². The van der Waals surface area contributed by atoms with Gasteiger partial charge in [0.25, 0.3) is 10.3 Å². The molecule has 0 aliphatic rings. The smallest absolute Gasteiger partial charge is 0.251 e. The van der Waals surface area contributed by atoms with E-state index in [0.29, 0.717) is 0 Å². The minimum absolute atomic E-state index is 0. The van der Waals surface area contributed by atoms with Crippen LogP contribution in [-0.2, 0) is 0 Å². The van der Waals surface area contributed by atoms with Crippen LogP contribution in [0, 0.1) is 0 Å². The number of thiocarbonyl (C=S) groups is 2. The van der Waals surface area contributed by atoms with Crippen LogP contribution in [-0.4, -0.2) is 20.6 Å². The maximum atomic E-state index is 7.56. The molecular weight excluding hydrogens is 180 g/mol. The minimum atomic E-state index is -0.500. The summed E-state index contributed by atoms with van der Waals surface area (Å²) in [5.41, 5.74) is 8.80. The van der Waals surface area contributed by atoms with E-state index in [-0.39, 0.29) is 13.5 Å². The largest absolute Gasteiger partial charge is 0.487 e. The lowest BCUT2D eigenvalue weighted by molar-refractivity contribution is 0.559. The van der Waals surface area contributed by atoms with Crippen LogP contribution in [0.5, 0.6) is 0 Å². The van der Waals surface area contributed by atoms with E-state index < -0.39 is 10.3 Å². The number of aliphatic hydroxyl groups is 2. The van der Waals surface area contributed by atoms with E-state index in [9.17, 15) is 0 Å². The molecular formula is C2H6N2O2S3. The topological polar surface area (TPSA) is 92.5 Å². The van der Waals surface area contributed by atoms with E-state index >= 15 is 0 Å². The Kier molecular flexibility index (Phi) is 18.8. The molecule has 9 heavy (non-hydrogen) atoms. The number of aliphatic hydroxyl groups excluding tert-OH is 2. The summed E-state index contributed by atoms with van der Waals surface area (Å²) in [5, 5.41) is 14.1. The Labute approximate surface area is 70.3 Å². The van der Waals surface area contributed by atoms with Crippen molar-refractivity contribution in [1.29, 1.82) is 0 Å². The van der Waals surface area contributed by atoms with E-state index in [1.807, 2.05) is 0 Å². The highest BCUT2D eigenvalue weighted by Crippen LogP contribution is 1.40. The Morgan fingerprint density at radius 3 is 1.00 bits per heavy atom. The molecule has 0 amide bonds. The van der Waals surface area contributed by atoms with Crippen molar-refractivity contribution in [3.05, 3.63) is 0 Å². The molecule has 0 heterocycles. The molecule has 0 rings (SSSR count). The third-order valence-electron chi connectivity index (χ3n) is 0. The summed E-state index contributed by atoms with van der Waals surface area (Å²) < 4.78 is 0. The van der Waals surface area contributed by atoms with Crippen LogP contribution in [0.1, 0.15) is 0 Å². The molecule has 0 saturated carbocycles. The Bertz CT molecular complexity index is 75.8. The second kappa shape index (κ2) is 10.7. The lowest BCUT2D eigenvalue weighted by Gasteiger charge is -1.67. The second-order valence-electron chi connectivity index (χ2n) is 0.676. The lowest BCUT2D eigenvalue weighted by atomic mass is 11.4. The highest BCUT2D eigenvalue weighted by Gasteiger charge is 1.57. The molecule has 0 bridgehead atoms. The predicted octanol–water partition coefficient (Wildman–Crippen LogP) is 0.224. The van der Waals surface area contributed by atoms with Crippen LogP contribution in [0.2, 0.25) is 0 Å². The van der Waals surface area contributed by atoms with Gasteiger partial charge in [-0.1, -0.05) is 0 Å². The summed E-state index contributed by atoms with van der Waals surface area (Å²) in [6, 6.07) is 0. The number of hydrogen-bond acceptors (Lipinski definition) is 2. The average Bonchev–Trinajstić information content (AvgIpc) is 1.25. The molecule has 0 spiro atoms. The van der Waals surface area contributed by atoms with Crippen LogP contribution < -0.4 is 11.5 Å².